The molecule has 2 N–H and O–H groups in total. The monoisotopic (exact) mass is 214 g/mol. The van der Waals surface area contributed by atoms with Gasteiger partial charge in [0, 0.05) is 0 Å². The van der Waals surface area contributed by atoms with Gasteiger partial charge in [0.15, 0.2) is 5.41 Å². The molecule has 1 saturated carbocycles. The lowest BCUT2D eigenvalue weighted by Gasteiger charge is -2.41. The van der Waals surface area contributed by atoms with E-state index in [0.29, 0.717) is 18.8 Å². The van der Waals surface area contributed by atoms with Crippen LogP contribution in [0.4, 0.5) is 0 Å². The standard InChI is InChI=1S/C11H18O4/c1-2-3-4-5-8-6-11(7-8,9(12)13)10(14)15/h8H,2-7H2,1H3,(H,12,13)(H,14,15). The summed E-state index contributed by atoms with van der Waals surface area (Å²) >= 11 is 0. The van der Waals surface area contributed by atoms with Crippen LogP contribution in [0.2, 0.25) is 0 Å². The van der Waals surface area contributed by atoms with E-state index < -0.39 is 17.4 Å². The first-order valence-electron chi connectivity index (χ1n) is 5.49. The van der Waals surface area contributed by atoms with E-state index in [1.807, 2.05) is 0 Å². The molecule has 0 bridgehead atoms. The topological polar surface area (TPSA) is 74.6 Å². The fourth-order valence-corrected chi connectivity index (χ4v) is 2.25. The minimum absolute atomic E-state index is 0.295. The zero-order chi connectivity index (χ0) is 11.5. The molecule has 86 valence electrons. The fraction of sp³-hybridized carbons (Fsp3) is 0.818. The lowest BCUT2D eigenvalue weighted by Crippen LogP contribution is -2.49. The normalized spacial score (nSPS) is 19.5. The van der Waals surface area contributed by atoms with Gasteiger partial charge < -0.3 is 10.2 Å². The molecular formula is C11H18O4. The molecule has 0 spiro atoms. The summed E-state index contributed by atoms with van der Waals surface area (Å²) in [6.45, 7) is 2.11. The highest BCUT2D eigenvalue weighted by Gasteiger charge is 2.56. The van der Waals surface area contributed by atoms with E-state index >= 15 is 0 Å². The Morgan fingerprint density at radius 3 is 2.13 bits per heavy atom. The molecular weight excluding hydrogens is 196 g/mol. The summed E-state index contributed by atoms with van der Waals surface area (Å²) in [5, 5.41) is 17.7. The van der Waals surface area contributed by atoms with Crippen LogP contribution in [-0.4, -0.2) is 22.2 Å². The van der Waals surface area contributed by atoms with E-state index in [0.717, 1.165) is 25.7 Å². The van der Waals surface area contributed by atoms with Crippen LogP contribution in [0.5, 0.6) is 0 Å². The first-order chi connectivity index (χ1) is 7.03. The predicted octanol–water partition coefficient (Wildman–Crippen LogP) is 2.13. The van der Waals surface area contributed by atoms with Crippen LogP contribution >= 0.6 is 0 Å². The third-order valence-corrected chi connectivity index (χ3v) is 3.31. The van der Waals surface area contributed by atoms with E-state index in [2.05, 4.69) is 6.92 Å². The number of carbonyl (C=O) groups is 2. The molecule has 0 aromatic carbocycles. The van der Waals surface area contributed by atoms with Crippen molar-refractivity contribution in [2.24, 2.45) is 11.3 Å². The molecule has 4 heteroatoms. The number of carboxylic acid groups (broad SMARTS) is 2. The zero-order valence-corrected chi connectivity index (χ0v) is 9.03. The van der Waals surface area contributed by atoms with Crippen LogP contribution in [0.25, 0.3) is 0 Å². The van der Waals surface area contributed by atoms with Crippen molar-refractivity contribution in [1.29, 1.82) is 0 Å². The van der Waals surface area contributed by atoms with Crippen molar-refractivity contribution in [2.45, 2.75) is 45.4 Å². The second-order valence-corrected chi connectivity index (χ2v) is 4.46. The second-order valence-electron chi connectivity index (χ2n) is 4.46. The molecule has 1 fully saturated rings. The van der Waals surface area contributed by atoms with Gasteiger partial charge in [0.2, 0.25) is 0 Å². The summed E-state index contributed by atoms with van der Waals surface area (Å²) in [4.78, 5) is 21.7. The van der Waals surface area contributed by atoms with Crippen LogP contribution in [0.15, 0.2) is 0 Å². The maximum Gasteiger partial charge on any atom is 0.321 e. The number of unbranched alkanes of at least 4 members (excludes halogenated alkanes) is 2. The van der Waals surface area contributed by atoms with Gasteiger partial charge in [-0.3, -0.25) is 9.59 Å². The lowest BCUT2D eigenvalue weighted by atomic mass is 9.60. The average molecular weight is 214 g/mol. The summed E-state index contributed by atoms with van der Waals surface area (Å²) in [6.07, 6.45) is 4.94. The van der Waals surface area contributed by atoms with Crippen molar-refractivity contribution in [2.75, 3.05) is 0 Å². The summed E-state index contributed by atoms with van der Waals surface area (Å²) in [6, 6.07) is 0. The largest absolute Gasteiger partial charge is 0.480 e. The highest BCUT2D eigenvalue weighted by atomic mass is 16.4. The Kier molecular flexibility index (Phi) is 3.72. The van der Waals surface area contributed by atoms with Gasteiger partial charge in [0.05, 0.1) is 0 Å². The van der Waals surface area contributed by atoms with Gasteiger partial charge in [-0.25, -0.2) is 0 Å². The van der Waals surface area contributed by atoms with Gasteiger partial charge in [0.25, 0.3) is 0 Å². The molecule has 0 amide bonds. The van der Waals surface area contributed by atoms with Gasteiger partial charge in [-0.05, 0) is 18.8 Å². The molecule has 0 atom stereocenters. The van der Waals surface area contributed by atoms with Crippen molar-refractivity contribution in [1.82, 2.24) is 0 Å². The van der Waals surface area contributed by atoms with Crippen LogP contribution < -0.4 is 0 Å². The Labute approximate surface area is 89.3 Å². The Morgan fingerprint density at radius 2 is 1.73 bits per heavy atom. The van der Waals surface area contributed by atoms with Gasteiger partial charge in [0.1, 0.15) is 0 Å². The molecule has 0 radical (unpaired) electrons. The maximum absolute atomic E-state index is 10.8. The van der Waals surface area contributed by atoms with E-state index in [-0.39, 0.29) is 0 Å². The van der Waals surface area contributed by atoms with Crippen molar-refractivity contribution in [3.8, 4) is 0 Å². The lowest BCUT2D eigenvalue weighted by molar-refractivity contribution is -0.175. The van der Waals surface area contributed by atoms with E-state index in [1.165, 1.54) is 0 Å². The number of hydrogen-bond donors (Lipinski definition) is 2. The van der Waals surface area contributed by atoms with Gasteiger partial charge in [-0.2, -0.15) is 0 Å². The van der Waals surface area contributed by atoms with Crippen LogP contribution in [0, 0.1) is 11.3 Å². The Morgan fingerprint density at radius 1 is 1.20 bits per heavy atom. The Hall–Kier alpha value is -1.06. The molecule has 0 aromatic rings. The van der Waals surface area contributed by atoms with Crippen LogP contribution in [-0.2, 0) is 9.59 Å². The molecule has 1 aliphatic rings. The molecule has 0 aromatic heterocycles. The number of hydrogen-bond acceptors (Lipinski definition) is 2. The van der Waals surface area contributed by atoms with E-state index in [4.69, 9.17) is 10.2 Å². The van der Waals surface area contributed by atoms with E-state index in [9.17, 15) is 9.59 Å². The van der Waals surface area contributed by atoms with Crippen LogP contribution in [0.1, 0.15) is 45.4 Å². The van der Waals surface area contributed by atoms with Crippen molar-refractivity contribution < 1.29 is 19.8 Å². The van der Waals surface area contributed by atoms with E-state index in [1.54, 1.807) is 0 Å². The van der Waals surface area contributed by atoms with Crippen molar-refractivity contribution in [3.05, 3.63) is 0 Å². The number of aliphatic carboxylic acids is 2. The van der Waals surface area contributed by atoms with Gasteiger partial charge in [-0.1, -0.05) is 32.6 Å². The quantitative estimate of drug-likeness (QED) is 0.524. The molecule has 1 aliphatic carbocycles. The van der Waals surface area contributed by atoms with Crippen molar-refractivity contribution >= 4 is 11.9 Å². The highest BCUT2D eigenvalue weighted by molar-refractivity contribution is 5.99. The molecule has 4 nitrogen and oxygen atoms in total. The number of carboxylic acids is 2. The Balaban J connectivity index is 2.38. The molecule has 15 heavy (non-hydrogen) atoms. The summed E-state index contributed by atoms with van der Waals surface area (Å²) in [5.41, 5.74) is -1.48. The summed E-state index contributed by atoms with van der Waals surface area (Å²) in [5.74, 6) is -2.06. The van der Waals surface area contributed by atoms with Gasteiger partial charge >= 0.3 is 11.9 Å². The predicted molar refractivity (Wildman–Crippen MR) is 54.6 cm³/mol. The SMILES string of the molecule is CCCCCC1CC(C(=O)O)(C(=O)O)C1. The molecule has 0 saturated heterocycles. The van der Waals surface area contributed by atoms with Crippen LogP contribution in [0.3, 0.4) is 0 Å². The third-order valence-electron chi connectivity index (χ3n) is 3.31. The first kappa shape index (κ1) is 12.0. The second kappa shape index (κ2) is 4.64. The maximum atomic E-state index is 10.8. The molecule has 1 rings (SSSR count). The molecule has 0 unspecified atom stereocenters. The molecule has 0 heterocycles. The molecule has 0 aliphatic heterocycles. The highest BCUT2D eigenvalue weighted by Crippen LogP contribution is 2.48. The number of rotatable bonds is 6. The Bertz CT molecular complexity index is 237. The fourth-order valence-electron chi connectivity index (χ4n) is 2.25. The minimum Gasteiger partial charge on any atom is -0.480 e. The summed E-state index contributed by atoms with van der Waals surface area (Å²) in [7, 11) is 0. The average Bonchev–Trinajstić information content (AvgIpc) is 2.07. The smallest absolute Gasteiger partial charge is 0.321 e. The minimum atomic E-state index is -1.48. The first-order valence-corrected chi connectivity index (χ1v) is 5.49. The van der Waals surface area contributed by atoms with Crippen molar-refractivity contribution in [3.63, 3.8) is 0 Å². The third kappa shape index (κ3) is 2.30. The van der Waals surface area contributed by atoms with Gasteiger partial charge in [-0.15, -0.1) is 0 Å². The summed E-state index contributed by atoms with van der Waals surface area (Å²) < 4.78 is 0. The zero-order valence-electron chi connectivity index (χ0n) is 9.03.